The van der Waals surface area contributed by atoms with Gasteiger partial charge < -0.3 is 5.73 Å². The minimum absolute atomic E-state index is 0.358. The van der Waals surface area contributed by atoms with Gasteiger partial charge in [-0.25, -0.2) is 0 Å². The Labute approximate surface area is 68.8 Å². The molecular formula is C8H19NS. The number of nitrogens with two attached hydrogens (primary N) is 1. The highest BCUT2D eigenvalue weighted by Crippen LogP contribution is 2.08. The minimum Gasteiger partial charge on any atom is -0.327 e. The van der Waals surface area contributed by atoms with Crippen molar-refractivity contribution in [1.29, 1.82) is 0 Å². The van der Waals surface area contributed by atoms with Crippen molar-refractivity contribution >= 4 is 11.8 Å². The van der Waals surface area contributed by atoms with Gasteiger partial charge in [-0.2, -0.15) is 11.8 Å². The predicted octanol–water partition coefficient (Wildman–Crippen LogP) is 2.11. The van der Waals surface area contributed by atoms with Gasteiger partial charge in [0.15, 0.2) is 0 Å². The average Bonchev–Trinajstić information content (AvgIpc) is 1.79. The van der Waals surface area contributed by atoms with Crippen LogP contribution in [-0.2, 0) is 0 Å². The molecule has 1 atom stereocenters. The molecule has 0 aromatic carbocycles. The largest absolute Gasteiger partial charge is 0.327 e. The first-order valence-corrected chi connectivity index (χ1v) is 5.11. The number of hydrogen-bond acceptors (Lipinski definition) is 2. The first kappa shape index (κ1) is 10.3. The predicted molar refractivity (Wildman–Crippen MR) is 50.4 cm³/mol. The molecule has 0 aliphatic heterocycles. The summed E-state index contributed by atoms with van der Waals surface area (Å²) < 4.78 is 0. The van der Waals surface area contributed by atoms with E-state index in [9.17, 15) is 0 Å². The Morgan fingerprint density at radius 1 is 1.30 bits per heavy atom. The Morgan fingerprint density at radius 3 is 2.30 bits per heavy atom. The van der Waals surface area contributed by atoms with Crippen LogP contribution in [0.3, 0.4) is 0 Å². The molecule has 0 aliphatic carbocycles. The Hall–Kier alpha value is 0.310. The molecule has 0 radical (unpaired) electrons. The lowest BCUT2D eigenvalue weighted by molar-refractivity contribution is 0.631. The topological polar surface area (TPSA) is 26.0 Å². The molecule has 0 spiro atoms. The van der Waals surface area contributed by atoms with E-state index >= 15 is 0 Å². The molecule has 0 unspecified atom stereocenters. The molecule has 2 N–H and O–H groups in total. The molecule has 62 valence electrons. The van der Waals surface area contributed by atoms with Gasteiger partial charge in [-0.05, 0) is 25.0 Å². The summed E-state index contributed by atoms with van der Waals surface area (Å²) in [6.07, 6.45) is 1.32. The monoisotopic (exact) mass is 161 g/mol. The highest BCUT2D eigenvalue weighted by atomic mass is 32.2. The van der Waals surface area contributed by atoms with Crippen molar-refractivity contribution in [2.75, 3.05) is 11.5 Å². The first-order valence-electron chi connectivity index (χ1n) is 3.96. The second-order valence-electron chi connectivity index (χ2n) is 3.23. The van der Waals surface area contributed by atoms with Crippen molar-refractivity contribution in [3.05, 3.63) is 0 Å². The quantitative estimate of drug-likeness (QED) is 0.625. The van der Waals surface area contributed by atoms with E-state index in [-0.39, 0.29) is 0 Å². The summed E-state index contributed by atoms with van der Waals surface area (Å²) in [5.74, 6) is 3.20. The van der Waals surface area contributed by atoms with E-state index in [2.05, 4.69) is 20.8 Å². The fourth-order valence-corrected chi connectivity index (χ4v) is 1.76. The van der Waals surface area contributed by atoms with Gasteiger partial charge in [-0.15, -0.1) is 0 Å². The zero-order valence-electron chi connectivity index (χ0n) is 7.26. The van der Waals surface area contributed by atoms with Crippen molar-refractivity contribution < 1.29 is 0 Å². The molecule has 0 aliphatic rings. The molecule has 0 rings (SSSR count). The molecule has 0 amide bonds. The summed E-state index contributed by atoms with van der Waals surface area (Å²) in [4.78, 5) is 0. The third-order valence-electron chi connectivity index (χ3n) is 1.22. The molecule has 0 aromatic heterocycles. The van der Waals surface area contributed by atoms with Crippen molar-refractivity contribution in [2.45, 2.75) is 33.2 Å². The van der Waals surface area contributed by atoms with Gasteiger partial charge in [0.25, 0.3) is 0 Å². The number of thioether (sulfide) groups is 1. The van der Waals surface area contributed by atoms with Gasteiger partial charge in [0, 0.05) is 11.8 Å². The Balaban J connectivity index is 2.91. The maximum Gasteiger partial charge on any atom is 0.0101 e. The molecule has 2 heteroatoms. The molecule has 0 heterocycles. The first-order chi connectivity index (χ1) is 4.63. The maximum atomic E-state index is 5.59. The van der Waals surface area contributed by atoms with Crippen LogP contribution in [0.5, 0.6) is 0 Å². The van der Waals surface area contributed by atoms with Gasteiger partial charge in [-0.1, -0.05) is 13.8 Å². The van der Waals surface area contributed by atoms with Crippen LogP contribution in [0.1, 0.15) is 27.2 Å². The van der Waals surface area contributed by atoms with Crippen LogP contribution < -0.4 is 5.73 Å². The molecule has 0 fully saturated rings. The summed E-state index contributed by atoms with van der Waals surface area (Å²) in [5, 5.41) is 0. The van der Waals surface area contributed by atoms with Crippen molar-refractivity contribution in [2.24, 2.45) is 11.7 Å². The van der Waals surface area contributed by atoms with Crippen LogP contribution in [0.2, 0.25) is 0 Å². The van der Waals surface area contributed by atoms with Gasteiger partial charge in [0.05, 0.1) is 0 Å². The van der Waals surface area contributed by atoms with Crippen LogP contribution in [0.15, 0.2) is 0 Å². The minimum atomic E-state index is 0.358. The van der Waals surface area contributed by atoms with E-state index < -0.39 is 0 Å². The second kappa shape index (κ2) is 6.05. The number of hydrogen-bond donors (Lipinski definition) is 1. The summed E-state index contributed by atoms with van der Waals surface area (Å²) in [7, 11) is 0. The fraction of sp³-hybridized carbons (Fsp3) is 1.00. The van der Waals surface area contributed by atoms with Gasteiger partial charge in [0.1, 0.15) is 0 Å². The molecule has 0 saturated heterocycles. The summed E-state index contributed by atoms with van der Waals surface area (Å²) in [6.45, 7) is 6.57. The highest BCUT2D eigenvalue weighted by Gasteiger charge is 1.96. The third kappa shape index (κ3) is 8.31. The molecule has 0 saturated carbocycles. The molecule has 1 nitrogen and oxygen atoms in total. The SMILES string of the molecule is CC(C)CCSC[C@@H](C)N. The Kier molecular flexibility index (Phi) is 6.24. The van der Waals surface area contributed by atoms with E-state index in [1.807, 2.05) is 11.8 Å². The molecular weight excluding hydrogens is 142 g/mol. The Morgan fingerprint density at radius 2 is 1.90 bits per heavy atom. The van der Waals surface area contributed by atoms with Gasteiger partial charge in [-0.3, -0.25) is 0 Å². The van der Waals surface area contributed by atoms with E-state index in [4.69, 9.17) is 5.73 Å². The van der Waals surface area contributed by atoms with E-state index in [0.29, 0.717) is 6.04 Å². The summed E-state index contributed by atoms with van der Waals surface area (Å²) in [5.41, 5.74) is 5.59. The average molecular weight is 161 g/mol. The van der Waals surface area contributed by atoms with Gasteiger partial charge >= 0.3 is 0 Å². The lowest BCUT2D eigenvalue weighted by Gasteiger charge is -2.05. The normalized spacial score (nSPS) is 14.1. The molecule has 0 aromatic rings. The van der Waals surface area contributed by atoms with Crippen molar-refractivity contribution in [3.8, 4) is 0 Å². The number of rotatable bonds is 5. The lowest BCUT2D eigenvalue weighted by atomic mass is 10.2. The van der Waals surface area contributed by atoms with E-state index in [1.165, 1.54) is 12.2 Å². The van der Waals surface area contributed by atoms with Crippen LogP contribution in [0, 0.1) is 5.92 Å². The molecule has 0 bridgehead atoms. The summed E-state index contributed by atoms with van der Waals surface area (Å²) >= 11 is 1.96. The maximum absolute atomic E-state index is 5.59. The zero-order valence-corrected chi connectivity index (χ0v) is 8.08. The molecule has 10 heavy (non-hydrogen) atoms. The van der Waals surface area contributed by atoms with E-state index in [0.717, 1.165) is 11.7 Å². The Bertz CT molecular complexity index is 61.7. The van der Waals surface area contributed by atoms with Gasteiger partial charge in [0.2, 0.25) is 0 Å². The smallest absolute Gasteiger partial charge is 0.0101 e. The van der Waals surface area contributed by atoms with Crippen LogP contribution in [-0.4, -0.2) is 17.5 Å². The van der Waals surface area contributed by atoms with Crippen LogP contribution in [0.25, 0.3) is 0 Å². The lowest BCUT2D eigenvalue weighted by Crippen LogP contribution is -2.17. The summed E-state index contributed by atoms with van der Waals surface area (Å²) in [6, 6.07) is 0.358. The standard InChI is InChI=1S/C8H19NS/c1-7(2)4-5-10-6-8(3)9/h7-8H,4-6,9H2,1-3H3/t8-/m1/s1. The van der Waals surface area contributed by atoms with Crippen LogP contribution >= 0.6 is 11.8 Å². The van der Waals surface area contributed by atoms with Crippen molar-refractivity contribution in [1.82, 2.24) is 0 Å². The van der Waals surface area contributed by atoms with Crippen molar-refractivity contribution in [3.63, 3.8) is 0 Å². The highest BCUT2D eigenvalue weighted by molar-refractivity contribution is 7.99. The fourth-order valence-electron chi connectivity index (χ4n) is 0.588. The van der Waals surface area contributed by atoms with E-state index in [1.54, 1.807) is 0 Å². The second-order valence-corrected chi connectivity index (χ2v) is 4.38. The zero-order chi connectivity index (χ0) is 7.98. The third-order valence-corrected chi connectivity index (χ3v) is 2.51. The van der Waals surface area contributed by atoms with Crippen LogP contribution in [0.4, 0.5) is 0 Å².